The third-order valence-electron chi connectivity index (χ3n) is 6.16. The number of aryl methyl sites for hydroxylation is 1. The monoisotopic (exact) mass is 397 g/mol. The summed E-state index contributed by atoms with van der Waals surface area (Å²) in [5.41, 5.74) is 4.73. The van der Waals surface area contributed by atoms with Crippen molar-refractivity contribution in [3.63, 3.8) is 0 Å². The van der Waals surface area contributed by atoms with Crippen molar-refractivity contribution in [1.82, 2.24) is 30.0 Å². The number of aromatic nitrogens is 5. The smallest absolute Gasteiger partial charge is 0.128 e. The summed E-state index contributed by atoms with van der Waals surface area (Å²) in [5, 5.41) is 8.93. The first-order valence-electron chi connectivity index (χ1n) is 10.4. The topological polar surface area (TPSA) is 71.8 Å². The molecule has 2 bridgehead atoms. The highest BCUT2D eigenvalue weighted by Gasteiger charge is 2.32. The number of piperazine rings is 1. The maximum atomic E-state index is 4.88. The number of hydrogen-bond acceptors (Lipinski definition) is 6. The summed E-state index contributed by atoms with van der Waals surface area (Å²) >= 11 is 0. The van der Waals surface area contributed by atoms with Crippen LogP contribution in [0.5, 0.6) is 0 Å². The van der Waals surface area contributed by atoms with Crippen molar-refractivity contribution in [3.05, 3.63) is 55.1 Å². The molecule has 6 rings (SSSR count). The molecule has 2 aliphatic rings. The van der Waals surface area contributed by atoms with Crippen molar-refractivity contribution in [2.24, 2.45) is 7.05 Å². The highest BCUT2D eigenvalue weighted by atomic mass is 15.3. The molecule has 6 heterocycles. The Morgan fingerprint density at radius 2 is 1.77 bits per heavy atom. The Balaban J connectivity index is 1.29. The van der Waals surface area contributed by atoms with Crippen LogP contribution in [0.1, 0.15) is 12.8 Å². The SMILES string of the molecule is Cn1cc(-c2cc3nc(-c4ccc(N5CC6CCC(C5)N6)nc4)ccc3cn2)cn1. The van der Waals surface area contributed by atoms with Crippen molar-refractivity contribution < 1.29 is 0 Å². The minimum Gasteiger partial charge on any atom is -0.353 e. The van der Waals surface area contributed by atoms with Crippen LogP contribution in [-0.2, 0) is 7.05 Å². The van der Waals surface area contributed by atoms with Gasteiger partial charge >= 0.3 is 0 Å². The van der Waals surface area contributed by atoms with E-state index >= 15 is 0 Å². The third-order valence-corrected chi connectivity index (χ3v) is 6.16. The van der Waals surface area contributed by atoms with Gasteiger partial charge in [0.25, 0.3) is 0 Å². The number of hydrogen-bond donors (Lipinski definition) is 1. The predicted molar refractivity (Wildman–Crippen MR) is 117 cm³/mol. The van der Waals surface area contributed by atoms with Crippen LogP contribution in [0, 0.1) is 0 Å². The molecule has 0 radical (unpaired) electrons. The molecule has 2 unspecified atom stereocenters. The van der Waals surface area contributed by atoms with Gasteiger partial charge in [-0.3, -0.25) is 9.67 Å². The van der Waals surface area contributed by atoms with Gasteiger partial charge in [-0.2, -0.15) is 5.10 Å². The van der Waals surface area contributed by atoms with E-state index in [1.165, 1.54) is 12.8 Å². The molecule has 0 saturated carbocycles. The van der Waals surface area contributed by atoms with Gasteiger partial charge in [-0.05, 0) is 43.2 Å². The molecular weight excluding hydrogens is 374 g/mol. The van der Waals surface area contributed by atoms with Crippen LogP contribution in [0.2, 0.25) is 0 Å². The van der Waals surface area contributed by atoms with E-state index < -0.39 is 0 Å². The lowest BCUT2D eigenvalue weighted by Gasteiger charge is -2.33. The van der Waals surface area contributed by atoms with E-state index in [9.17, 15) is 0 Å². The lowest BCUT2D eigenvalue weighted by atomic mass is 10.1. The quantitative estimate of drug-likeness (QED) is 0.573. The summed E-state index contributed by atoms with van der Waals surface area (Å²) in [7, 11) is 1.91. The molecule has 2 fully saturated rings. The van der Waals surface area contributed by atoms with Crippen LogP contribution in [0.3, 0.4) is 0 Å². The van der Waals surface area contributed by atoms with E-state index in [1.54, 1.807) is 4.68 Å². The van der Waals surface area contributed by atoms with Gasteiger partial charge in [-0.15, -0.1) is 0 Å². The first-order chi connectivity index (χ1) is 14.7. The zero-order valence-electron chi connectivity index (χ0n) is 16.9. The van der Waals surface area contributed by atoms with Gasteiger partial charge in [0, 0.05) is 67.3 Å². The second-order valence-corrected chi connectivity index (χ2v) is 8.31. The number of nitrogens with one attached hydrogen (secondary N) is 1. The number of nitrogens with zero attached hydrogens (tertiary/aromatic N) is 6. The average molecular weight is 397 g/mol. The molecule has 2 aliphatic heterocycles. The fourth-order valence-electron chi connectivity index (χ4n) is 4.60. The van der Waals surface area contributed by atoms with Crippen molar-refractivity contribution >= 4 is 16.7 Å². The number of pyridine rings is 3. The maximum Gasteiger partial charge on any atom is 0.128 e. The van der Waals surface area contributed by atoms with Gasteiger partial charge in [0.15, 0.2) is 0 Å². The number of fused-ring (bicyclic) bond motifs is 3. The molecule has 7 nitrogen and oxygen atoms in total. The summed E-state index contributed by atoms with van der Waals surface area (Å²) in [5.74, 6) is 1.06. The van der Waals surface area contributed by atoms with Crippen LogP contribution in [0.4, 0.5) is 5.82 Å². The molecule has 150 valence electrons. The summed E-state index contributed by atoms with van der Waals surface area (Å²) < 4.78 is 1.78. The summed E-state index contributed by atoms with van der Waals surface area (Å²) in [4.78, 5) is 16.6. The molecule has 30 heavy (non-hydrogen) atoms. The third kappa shape index (κ3) is 3.11. The van der Waals surface area contributed by atoms with Gasteiger partial charge in [0.2, 0.25) is 0 Å². The molecule has 7 heteroatoms. The second-order valence-electron chi connectivity index (χ2n) is 8.31. The van der Waals surface area contributed by atoms with Gasteiger partial charge in [-0.25, -0.2) is 9.97 Å². The number of anilines is 1. The van der Waals surface area contributed by atoms with Crippen LogP contribution >= 0.6 is 0 Å². The largest absolute Gasteiger partial charge is 0.353 e. The summed E-state index contributed by atoms with van der Waals surface area (Å²) in [6, 6.07) is 11.6. The van der Waals surface area contributed by atoms with Crippen molar-refractivity contribution in [2.45, 2.75) is 24.9 Å². The first kappa shape index (κ1) is 17.5. The van der Waals surface area contributed by atoms with E-state index in [0.717, 1.165) is 52.3 Å². The summed E-state index contributed by atoms with van der Waals surface area (Å²) in [6.45, 7) is 2.09. The van der Waals surface area contributed by atoms with E-state index in [4.69, 9.17) is 9.97 Å². The molecule has 4 aromatic rings. The van der Waals surface area contributed by atoms with Gasteiger partial charge in [0.05, 0.1) is 23.1 Å². The Morgan fingerprint density at radius 1 is 0.900 bits per heavy atom. The Bertz CT molecular complexity index is 1200. The summed E-state index contributed by atoms with van der Waals surface area (Å²) in [6.07, 6.45) is 10.1. The van der Waals surface area contributed by atoms with Crippen molar-refractivity contribution in [2.75, 3.05) is 18.0 Å². The van der Waals surface area contributed by atoms with E-state index in [0.29, 0.717) is 12.1 Å². The normalized spacial score (nSPS) is 20.8. The Morgan fingerprint density at radius 3 is 2.50 bits per heavy atom. The Labute approximate surface area is 174 Å². The van der Waals surface area contributed by atoms with Gasteiger partial charge in [0.1, 0.15) is 5.82 Å². The maximum absolute atomic E-state index is 4.88. The van der Waals surface area contributed by atoms with E-state index in [-0.39, 0.29) is 0 Å². The Kier molecular flexibility index (Phi) is 4.02. The lowest BCUT2D eigenvalue weighted by Crippen LogP contribution is -2.51. The molecule has 1 N–H and O–H groups in total. The molecule has 0 aromatic carbocycles. The van der Waals surface area contributed by atoms with Gasteiger partial charge < -0.3 is 10.2 Å². The molecule has 0 amide bonds. The number of rotatable bonds is 3. The van der Waals surface area contributed by atoms with Crippen molar-refractivity contribution in [3.8, 4) is 22.5 Å². The minimum absolute atomic E-state index is 0.606. The van der Waals surface area contributed by atoms with Crippen LogP contribution in [-0.4, -0.2) is 49.9 Å². The van der Waals surface area contributed by atoms with Crippen LogP contribution in [0.25, 0.3) is 33.4 Å². The van der Waals surface area contributed by atoms with Crippen molar-refractivity contribution in [1.29, 1.82) is 0 Å². The fourth-order valence-corrected chi connectivity index (χ4v) is 4.60. The zero-order valence-corrected chi connectivity index (χ0v) is 16.9. The van der Waals surface area contributed by atoms with Crippen LogP contribution < -0.4 is 10.2 Å². The second kappa shape index (κ2) is 6.88. The van der Waals surface area contributed by atoms with E-state index in [1.807, 2.05) is 44.0 Å². The lowest BCUT2D eigenvalue weighted by molar-refractivity contribution is 0.463. The Hall–Kier alpha value is -3.32. The molecule has 0 aliphatic carbocycles. The molecular formula is C23H23N7. The molecule has 2 atom stereocenters. The molecule has 4 aromatic heterocycles. The van der Waals surface area contributed by atoms with Gasteiger partial charge in [-0.1, -0.05) is 0 Å². The average Bonchev–Trinajstić information content (AvgIpc) is 3.37. The first-order valence-corrected chi connectivity index (χ1v) is 10.4. The predicted octanol–water partition coefficient (Wildman–Crippen LogP) is 3.03. The highest BCUT2D eigenvalue weighted by molar-refractivity contribution is 5.84. The standard InChI is InChI=1S/C23H23N7/c1-29-12-17(11-26-29)21-8-22-16(9-24-21)2-6-20(28-22)15-3-7-23(25-10-15)30-13-18-4-5-19(14-30)27-18/h2-3,6-12,18-19,27H,4-5,13-14H2,1H3. The molecule has 0 spiro atoms. The molecule has 2 saturated heterocycles. The highest BCUT2D eigenvalue weighted by Crippen LogP contribution is 2.27. The van der Waals surface area contributed by atoms with Crippen LogP contribution in [0.15, 0.2) is 55.1 Å². The fraction of sp³-hybridized carbons (Fsp3) is 0.304. The van der Waals surface area contributed by atoms with E-state index in [2.05, 4.69) is 38.5 Å². The minimum atomic E-state index is 0.606. The zero-order chi connectivity index (χ0) is 20.1.